The summed E-state index contributed by atoms with van der Waals surface area (Å²) in [7, 11) is -1.72. The first kappa shape index (κ1) is 15.0. The third kappa shape index (κ3) is 3.36. The van der Waals surface area contributed by atoms with Gasteiger partial charge in [-0.05, 0) is 50.0 Å². The summed E-state index contributed by atoms with van der Waals surface area (Å²) in [6, 6.07) is 5.20. The molecule has 5 nitrogen and oxygen atoms in total. The van der Waals surface area contributed by atoms with E-state index in [1.54, 1.807) is 25.1 Å². The van der Waals surface area contributed by atoms with Crippen molar-refractivity contribution >= 4 is 27.0 Å². The Kier molecular flexibility index (Phi) is 4.42. The number of sulfonamides is 1. The van der Waals surface area contributed by atoms with Crippen molar-refractivity contribution in [1.82, 2.24) is 10.3 Å². The van der Waals surface area contributed by atoms with Gasteiger partial charge in [-0.2, -0.15) is 0 Å². The van der Waals surface area contributed by atoms with Crippen molar-refractivity contribution in [1.29, 1.82) is 0 Å². The van der Waals surface area contributed by atoms with Crippen molar-refractivity contribution in [2.24, 2.45) is 0 Å². The van der Waals surface area contributed by atoms with Gasteiger partial charge in [0.15, 0.2) is 0 Å². The number of anilines is 1. The van der Waals surface area contributed by atoms with Gasteiger partial charge in [0.05, 0.1) is 11.4 Å². The Bertz CT molecular complexity index is 708. The van der Waals surface area contributed by atoms with E-state index in [0.29, 0.717) is 22.1 Å². The zero-order chi connectivity index (χ0) is 14.8. The van der Waals surface area contributed by atoms with Crippen LogP contribution < -0.4 is 10.0 Å². The van der Waals surface area contributed by atoms with Gasteiger partial charge in [0.2, 0.25) is 0 Å². The molecule has 0 aliphatic rings. The molecule has 2 aromatic heterocycles. The highest BCUT2D eigenvalue weighted by molar-refractivity contribution is 7.94. The summed E-state index contributed by atoms with van der Waals surface area (Å²) in [5.41, 5.74) is 2.99. The van der Waals surface area contributed by atoms with Crippen molar-refractivity contribution < 1.29 is 8.42 Å². The van der Waals surface area contributed by atoms with Crippen LogP contribution in [0.25, 0.3) is 0 Å². The number of aryl methyl sites for hydroxylation is 2. The van der Waals surface area contributed by atoms with E-state index in [9.17, 15) is 8.42 Å². The highest BCUT2D eigenvalue weighted by Gasteiger charge is 2.18. The fourth-order valence-electron chi connectivity index (χ4n) is 1.78. The Hall–Kier alpha value is -1.44. The second-order valence-corrected chi connectivity index (χ2v) is 7.32. The van der Waals surface area contributed by atoms with Gasteiger partial charge in [-0.15, -0.1) is 11.3 Å². The Labute approximate surface area is 123 Å². The van der Waals surface area contributed by atoms with Crippen LogP contribution in [0.4, 0.5) is 5.69 Å². The fourth-order valence-corrected chi connectivity index (χ4v) is 4.11. The van der Waals surface area contributed by atoms with Crippen LogP contribution in [0.5, 0.6) is 0 Å². The maximum atomic E-state index is 12.3. The van der Waals surface area contributed by atoms with E-state index in [1.165, 1.54) is 11.3 Å². The topological polar surface area (TPSA) is 71.1 Å². The molecular weight excluding hydrogens is 294 g/mol. The summed E-state index contributed by atoms with van der Waals surface area (Å²) in [5.74, 6) is 0. The van der Waals surface area contributed by atoms with Crippen LogP contribution in [-0.2, 0) is 16.6 Å². The number of nitrogens with one attached hydrogen (secondary N) is 2. The number of aromatic nitrogens is 1. The molecule has 0 aliphatic carbocycles. The van der Waals surface area contributed by atoms with Crippen LogP contribution in [-0.4, -0.2) is 20.4 Å². The monoisotopic (exact) mass is 311 g/mol. The molecule has 0 spiro atoms. The maximum Gasteiger partial charge on any atom is 0.271 e. The summed E-state index contributed by atoms with van der Waals surface area (Å²) in [6.45, 7) is 4.30. The van der Waals surface area contributed by atoms with Crippen LogP contribution in [0, 0.1) is 13.8 Å². The smallest absolute Gasteiger partial charge is 0.271 e. The lowest BCUT2D eigenvalue weighted by atomic mass is 10.3. The average Bonchev–Trinajstić information content (AvgIpc) is 2.83. The molecule has 2 rings (SSSR count). The van der Waals surface area contributed by atoms with Gasteiger partial charge in [0.25, 0.3) is 10.0 Å². The highest BCUT2D eigenvalue weighted by Crippen LogP contribution is 2.24. The van der Waals surface area contributed by atoms with Gasteiger partial charge in [-0.1, -0.05) is 0 Å². The quantitative estimate of drug-likeness (QED) is 0.888. The number of nitrogens with zero attached hydrogens (tertiary/aromatic N) is 1. The van der Waals surface area contributed by atoms with Crippen LogP contribution in [0.1, 0.15) is 17.0 Å². The average molecular weight is 311 g/mol. The Morgan fingerprint density at radius 3 is 2.70 bits per heavy atom. The Morgan fingerprint density at radius 1 is 1.30 bits per heavy atom. The molecule has 108 valence electrons. The normalized spacial score (nSPS) is 11.6. The SMILES string of the molecule is CNCc1csc(S(=O)(=O)Nc2ccc(C)nc2C)c1. The van der Waals surface area contributed by atoms with Gasteiger partial charge in [-0.25, -0.2) is 8.42 Å². The summed E-state index contributed by atoms with van der Waals surface area (Å²) in [4.78, 5) is 4.25. The molecule has 7 heteroatoms. The van der Waals surface area contributed by atoms with Crippen molar-refractivity contribution in [3.63, 3.8) is 0 Å². The van der Waals surface area contributed by atoms with Crippen LogP contribution in [0.3, 0.4) is 0 Å². The van der Waals surface area contributed by atoms with E-state index in [2.05, 4.69) is 15.0 Å². The maximum absolute atomic E-state index is 12.3. The lowest BCUT2D eigenvalue weighted by molar-refractivity contribution is 0.603. The number of thiophene rings is 1. The minimum absolute atomic E-state index is 0.308. The zero-order valence-corrected chi connectivity index (χ0v) is 13.2. The zero-order valence-electron chi connectivity index (χ0n) is 11.6. The Morgan fingerprint density at radius 2 is 2.05 bits per heavy atom. The molecule has 0 unspecified atom stereocenters. The van der Waals surface area contributed by atoms with Gasteiger partial charge in [-0.3, -0.25) is 9.71 Å². The minimum Gasteiger partial charge on any atom is -0.316 e. The van der Waals surface area contributed by atoms with Gasteiger partial charge >= 0.3 is 0 Å². The van der Waals surface area contributed by atoms with E-state index in [4.69, 9.17) is 0 Å². The van der Waals surface area contributed by atoms with E-state index >= 15 is 0 Å². The standard InChI is InChI=1S/C13H17N3O2S2/c1-9-4-5-12(10(2)15-9)16-20(17,18)13-6-11(7-14-3)8-19-13/h4-6,8,14,16H,7H2,1-3H3. The molecule has 2 N–H and O–H groups in total. The number of rotatable bonds is 5. The Balaban J connectivity index is 2.26. The van der Waals surface area contributed by atoms with Crippen LogP contribution in [0.15, 0.2) is 27.8 Å². The summed E-state index contributed by atoms with van der Waals surface area (Å²) in [5, 5.41) is 4.83. The third-order valence-corrected chi connectivity index (χ3v) is 5.60. The second-order valence-electron chi connectivity index (χ2n) is 4.50. The van der Waals surface area contributed by atoms with Crippen molar-refractivity contribution in [3.8, 4) is 0 Å². The predicted molar refractivity (Wildman–Crippen MR) is 81.6 cm³/mol. The largest absolute Gasteiger partial charge is 0.316 e. The number of hydrogen-bond donors (Lipinski definition) is 2. The van der Waals surface area contributed by atoms with Crippen molar-refractivity contribution in [2.45, 2.75) is 24.6 Å². The van der Waals surface area contributed by atoms with Crippen molar-refractivity contribution in [3.05, 3.63) is 40.5 Å². The van der Waals surface area contributed by atoms with Crippen LogP contribution in [0.2, 0.25) is 0 Å². The first-order chi connectivity index (χ1) is 9.42. The molecule has 0 amide bonds. The lowest BCUT2D eigenvalue weighted by Gasteiger charge is -2.09. The van der Waals surface area contributed by atoms with Crippen molar-refractivity contribution in [2.75, 3.05) is 11.8 Å². The summed E-state index contributed by atoms with van der Waals surface area (Å²) in [6.07, 6.45) is 0. The van der Waals surface area contributed by atoms with E-state index in [1.807, 2.05) is 19.4 Å². The molecule has 0 aromatic carbocycles. The molecule has 2 aromatic rings. The van der Waals surface area contributed by atoms with Gasteiger partial charge in [0, 0.05) is 12.2 Å². The molecular formula is C13H17N3O2S2. The van der Waals surface area contributed by atoms with Gasteiger partial charge in [0.1, 0.15) is 4.21 Å². The molecule has 0 radical (unpaired) electrons. The minimum atomic E-state index is -3.55. The fraction of sp³-hybridized carbons (Fsp3) is 0.308. The molecule has 2 heterocycles. The third-order valence-electron chi connectivity index (χ3n) is 2.74. The molecule has 0 aliphatic heterocycles. The van der Waals surface area contributed by atoms with E-state index in [0.717, 1.165) is 11.3 Å². The molecule has 20 heavy (non-hydrogen) atoms. The number of hydrogen-bond acceptors (Lipinski definition) is 5. The molecule has 0 saturated carbocycles. The molecule has 0 bridgehead atoms. The summed E-state index contributed by atoms with van der Waals surface area (Å²) < 4.78 is 27.5. The van der Waals surface area contributed by atoms with E-state index < -0.39 is 10.0 Å². The highest BCUT2D eigenvalue weighted by atomic mass is 32.2. The van der Waals surface area contributed by atoms with Crippen LogP contribution >= 0.6 is 11.3 Å². The number of pyridine rings is 1. The molecule has 0 saturated heterocycles. The second kappa shape index (κ2) is 5.90. The predicted octanol–water partition coefficient (Wildman–Crippen LogP) is 2.28. The first-order valence-corrected chi connectivity index (χ1v) is 8.48. The van der Waals surface area contributed by atoms with E-state index in [-0.39, 0.29) is 0 Å². The molecule has 0 fully saturated rings. The van der Waals surface area contributed by atoms with Gasteiger partial charge < -0.3 is 5.32 Å². The molecule has 0 atom stereocenters. The lowest BCUT2D eigenvalue weighted by Crippen LogP contribution is -2.13. The first-order valence-electron chi connectivity index (χ1n) is 6.11. The summed E-state index contributed by atoms with van der Waals surface area (Å²) >= 11 is 1.21.